The molecule has 6 heteroatoms. The summed E-state index contributed by atoms with van der Waals surface area (Å²) in [7, 11) is 0. The van der Waals surface area contributed by atoms with Gasteiger partial charge in [0.1, 0.15) is 6.61 Å². The highest BCUT2D eigenvalue weighted by Crippen LogP contribution is 2.30. The predicted molar refractivity (Wildman–Crippen MR) is 137 cm³/mol. The molecule has 0 unspecified atom stereocenters. The van der Waals surface area contributed by atoms with Crippen molar-refractivity contribution in [3.8, 4) is 17.2 Å². The zero-order valence-electron chi connectivity index (χ0n) is 19.3. The molecule has 0 saturated carbocycles. The van der Waals surface area contributed by atoms with Crippen molar-refractivity contribution in [1.29, 1.82) is 0 Å². The van der Waals surface area contributed by atoms with Crippen LogP contribution in [0.3, 0.4) is 0 Å². The second-order valence-corrected chi connectivity index (χ2v) is 8.10. The monoisotopic (exact) mass is 474 g/mol. The number of rotatable bonds is 8. The van der Waals surface area contributed by atoms with Gasteiger partial charge in [-0.3, -0.25) is 9.89 Å². The van der Waals surface area contributed by atoms with E-state index in [1.165, 1.54) is 0 Å². The molecule has 4 aromatic rings. The zero-order valence-corrected chi connectivity index (χ0v) is 20.0. The van der Waals surface area contributed by atoms with Crippen molar-refractivity contribution in [2.24, 2.45) is 0 Å². The van der Waals surface area contributed by atoms with Crippen molar-refractivity contribution >= 4 is 23.8 Å². The van der Waals surface area contributed by atoms with E-state index in [4.69, 9.17) is 21.1 Å². The van der Waals surface area contributed by atoms with E-state index in [1.807, 2.05) is 98.8 Å². The Bertz CT molecular complexity index is 1440. The van der Waals surface area contributed by atoms with Gasteiger partial charge in [0, 0.05) is 10.6 Å². The lowest BCUT2D eigenvalue weighted by Crippen LogP contribution is -2.34. The van der Waals surface area contributed by atoms with E-state index in [1.54, 1.807) is 4.68 Å². The van der Waals surface area contributed by atoms with Gasteiger partial charge in [0.05, 0.1) is 22.9 Å². The summed E-state index contributed by atoms with van der Waals surface area (Å²) in [5, 5.41) is 5.27. The molecule has 0 radical (unpaired) electrons. The lowest BCUT2D eigenvalue weighted by molar-refractivity contribution is 0.269. The molecule has 174 valence electrons. The summed E-state index contributed by atoms with van der Waals surface area (Å²) in [5.41, 5.74) is 2.42. The molecule has 0 atom stereocenters. The summed E-state index contributed by atoms with van der Waals surface area (Å²) in [6.45, 7) is 4.79. The van der Waals surface area contributed by atoms with Gasteiger partial charge >= 0.3 is 0 Å². The quantitative estimate of drug-likeness (QED) is 0.398. The van der Waals surface area contributed by atoms with Crippen molar-refractivity contribution in [2.45, 2.75) is 26.9 Å². The second kappa shape index (κ2) is 10.9. The van der Waals surface area contributed by atoms with Crippen LogP contribution in [0.2, 0.25) is 5.02 Å². The Balaban J connectivity index is 1.72. The number of aromatic amines is 1. The third-order valence-corrected chi connectivity index (χ3v) is 5.67. The maximum absolute atomic E-state index is 13.3. The summed E-state index contributed by atoms with van der Waals surface area (Å²) in [5.74, 6) is 1.23. The molecule has 0 saturated heterocycles. The van der Waals surface area contributed by atoms with E-state index in [-0.39, 0.29) is 5.56 Å². The molecule has 1 aromatic heterocycles. The second-order valence-electron chi connectivity index (χ2n) is 7.69. The Morgan fingerprint density at radius 2 is 1.71 bits per heavy atom. The highest BCUT2D eigenvalue weighted by molar-refractivity contribution is 6.31. The van der Waals surface area contributed by atoms with Crippen LogP contribution in [0.25, 0.3) is 17.8 Å². The first-order valence-electron chi connectivity index (χ1n) is 11.3. The summed E-state index contributed by atoms with van der Waals surface area (Å²) in [6.07, 6.45) is 4.69. The Morgan fingerprint density at radius 1 is 0.941 bits per heavy atom. The number of benzene rings is 3. The van der Waals surface area contributed by atoms with E-state index in [2.05, 4.69) is 5.10 Å². The van der Waals surface area contributed by atoms with Gasteiger partial charge in [-0.2, -0.15) is 0 Å². The van der Waals surface area contributed by atoms with Crippen molar-refractivity contribution in [3.63, 3.8) is 0 Å². The lowest BCUT2D eigenvalue weighted by Gasteiger charge is -2.13. The summed E-state index contributed by atoms with van der Waals surface area (Å²) < 4.78 is 13.4. The van der Waals surface area contributed by atoms with Gasteiger partial charge in [-0.1, -0.05) is 67.1 Å². The maximum Gasteiger partial charge on any atom is 0.279 e. The third kappa shape index (κ3) is 5.26. The van der Waals surface area contributed by atoms with Crippen LogP contribution < -0.4 is 25.6 Å². The highest BCUT2D eigenvalue weighted by atomic mass is 35.5. The van der Waals surface area contributed by atoms with Gasteiger partial charge in [-0.25, -0.2) is 4.68 Å². The molecule has 0 aliphatic rings. The van der Waals surface area contributed by atoms with Crippen LogP contribution >= 0.6 is 11.6 Å². The molecule has 3 aromatic carbocycles. The Hall–Kier alpha value is -3.70. The minimum Gasteiger partial charge on any atom is -0.490 e. The van der Waals surface area contributed by atoms with Crippen LogP contribution in [-0.4, -0.2) is 16.4 Å². The summed E-state index contributed by atoms with van der Waals surface area (Å²) in [6, 6.07) is 22.8. The van der Waals surface area contributed by atoms with Gasteiger partial charge in [0.25, 0.3) is 5.56 Å². The van der Waals surface area contributed by atoms with Crippen LogP contribution in [0.1, 0.15) is 31.4 Å². The molecule has 1 N–H and O–H groups in total. The summed E-state index contributed by atoms with van der Waals surface area (Å²) >= 11 is 6.25. The van der Waals surface area contributed by atoms with Crippen LogP contribution in [0.4, 0.5) is 0 Å². The van der Waals surface area contributed by atoms with Gasteiger partial charge < -0.3 is 9.47 Å². The minimum absolute atomic E-state index is 0.108. The average molecular weight is 475 g/mol. The molecule has 5 nitrogen and oxygen atoms in total. The van der Waals surface area contributed by atoms with Crippen molar-refractivity contribution in [1.82, 2.24) is 9.78 Å². The SMILES string of the molecule is CCC=c1[nH]n(-c2ccccc2)c(=O)c1=Cc1ccc(OCc2ccccc2Cl)c(OCC)c1. The number of halogens is 1. The van der Waals surface area contributed by atoms with Gasteiger partial charge in [0.15, 0.2) is 11.5 Å². The molecular weight excluding hydrogens is 448 g/mol. The third-order valence-electron chi connectivity index (χ3n) is 5.30. The Kier molecular flexibility index (Phi) is 7.55. The molecule has 0 spiro atoms. The zero-order chi connectivity index (χ0) is 23.9. The molecular formula is C28H27ClN2O3. The van der Waals surface area contributed by atoms with E-state index in [9.17, 15) is 4.79 Å². The topological polar surface area (TPSA) is 56.2 Å². The normalized spacial score (nSPS) is 12.2. The largest absolute Gasteiger partial charge is 0.490 e. The fourth-order valence-electron chi connectivity index (χ4n) is 3.66. The number of nitrogens with one attached hydrogen (secondary N) is 1. The molecule has 0 bridgehead atoms. The number of hydrogen-bond donors (Lipinski definition) is 1. The lowest BCUT2D eigenvalue weighted by atomic mass is 10.1. The molecule has 0 aliphatic heterocycles. The number of ether oxygens (including phenoxy) is 2. The predicted octanol–water partition coefficient (Wildman–Crippen LogP) is 4.82. The average Bonchev–Trinajstić information content (AvgIpc) is 3.15. The molecule has 0 amide bonds. The molecule has 0 aliphatic carbocycles. The fourth-order valence-corrected chi connectivity index (χ4v) is 3.86. The minimum atomic E-state index is -0.108. The summed E-state index contributed by atoms with van der Waals surface area (Å²) in [4.78, 5) is 13.3. The van der Waals surface area contributed by atoms with E-state index in [0.717, 1.165) is 28.6 Å². The maximum atomic E-state index is 13.3. The standard InChI is InChI=1S/C28H27ClN2O3/c1-3-10-25-23(28(32)31(30-25)22-12-6-5-7-13-22)17-20-15-16-26(27(18-20)33-4-2)34-19-21-11-8-9-14-24(21)29/h5-18,30H,3-4,19H2,1-2H3. The first kappa shape index (κ1) is 23.5. The Labute approximate surface area is 203 Å². The van der Waals surface area contributed by atoms with Gasteiger partial charge in [-0.15, -0.1) is 0 Å². The van der Waals surface area contributed by atoms with E-state index in [0.29, 0.717) is 35.0 Å². The highest BCUT2D eigenvalue weighted by Gasteiger charge is 2.09. The number of aromatic nitrogens is 2. The molecule has 4 rings (SSSR count). The van der Waals surface area contributed by atoms with Crippen LogP contribution in [0.15, 0.2) is 77.6 Å². The number of para-hydroxylation sites is 1. The van der Waals surface area contributed by atoms with Crippen molar-refractivity contribution < 1.29 is 9.47 Å². The van der Waals surface area contributed by atoms with Crippen LogP contribution in [0.5, 0.6) is 11.5 Å². The van der Waals surface area contributed by atoms with Crippen LogP contribution in [-0.2, 0) is 6.61 Å². The van der Waals surface area contributed by atoms with Crippen LogP contribution in [0, 0.1) is 0 Å². The molecule has 1 heterocycles. The van der Waals surface area contributed by atoms with E-state index >= 15 is 0 Å². The fraction of sp³-hybridized carbons (Fsp3) is 0.179. The van der Waals surface area contributed by atoms with Crippen molar-refractivity contribution in [2.75, 3.05) is 6.61 Å². The number of nitrogens with zero attached hydrogens (tertiary/aromatic N) is 1. The smallest absolute Gasteiger partial charge is 0.279 e. The molecule has 34 heavy (non-hydrogen) atoms. The number of H-pyrrole nitrogens is 1. The molecule has 0 fully saturated rings. The first-order chi connectivity index (χ1) is 16.6. The first-order valence-corrected chi connectivity index (χ1v) is 11.7. The van der Waals surface area contributed by atoms with Gasteiger partial charge in [0.2, 0.25) is 0 Å². The Morgan fingerprint density at radius 3 is 2.44 bits per heavy atom. The number of hydrogen-bond acceptors (Lipinski definition) is 3. The van der Waals surface area contributed by atoms with Gasteiger partial charge in [-0.05, 0) is 55.3 Å². The van der Waals surface area contributed by atoms with Crippen molar-refractivity contribution in [3.05, 3.63) is 110 Å². The van der Waals surface area contributed by atoms with E-state index < -0.39 is 0 Å².